The van der Waals surface area contributed by atoms with E-state index in [0.717, 1.165) is 5.39 Å². The molecule has 2 aromatic carbocycles. The summed E-state index contributed by atoms with van der Waals surface area (Å²) in [5.74, 6) is -0.546. The van der Waals surface area contributed by atoms with Crippen molar-refractivity contribution in [2.45, 2.75) is 19.9 Å². The highest BCUT2D eigenvalue weighted by molar-refractivity contribution is 6.16. The minimum atomic E-state index is -0.807. The van der Waals surface area contributed by atoms with Crippen molar-refractivity contribution < 1.29 is 28.6 Å². The molecule has 1 aliphatic heterocycles. The number of ketones is 1. The maximum atomic E-state index is 13.7. The van der Waals surface area contributed by atoms with E-state index in [9.17, 15) is 14.7 Å². The summed E-state index contributed by atoms with van der Waals surface area (Å²) in [6.07, 6.45) is 0. The first-order chi connectivity index (χ1) is 16.8. The lowest BCUT2D eigenvalue weighted by molar-refractivity contribution is -0.129. The van der Waals surface area contributed by atoms with Crippen LogP contribution >= 0.6 is 0 Å². The highest BCUT2D eigenvalue weighted by Gasteiger charge is 2.44. The van der Waals surface area contributed by atoms with Crippen molar-refractivity contribution in [2.75, 3.05) is 40.4 Å². The Kier molecular flexibility index (Phi) is 7.12. The van der Waals surface area contributed by atoms with Gasteiger partial charge in [-0.25, -0.2) is 0 Å². The Bertz CT molecular complexity index is 1240. The van der Waals surface area contributed by atoms with Gasteiger partial charge in [-0.1, -0.05) is 24.3 Å². The predicted molar refractivity (Wildman–Crippen MR) is 132 cm³/mol. The number of nitrogens with zero attached hydrogens (tertiary/aromatic N) is 2. The second-order valence-corrected chi connectivity index (χ2v) is 8.52. The molecule has 1 aliphatic rings. The minimum Gasteiger partial charge on any atom is -0.503 e. The lowest BCUT2D eigenvalue weighted by atomic mass is 9.94. The number of aliphatic hydroxyl groups is 1. The lowest BCUT2D eigenvalue weighted by Crippen LogP contribution is -2.36. The summed E-state index contributed by atoms with van der Waals surface area (Å²) in [4.78, 5) is 30.3. The van der Waals surface area contributed by atoms with Gasteiger partial charge in [-0.05, 0) is 57.8 Å². The van der Waals surface area contributed by atoms with E-state index in [4.69, 9.17) is 13.9 Å². The molecule has 184 valence electrons. The van der Waals surface area contributed by atoms with Crippen LogP contribution in [0.25, 0.3) is 11.0 Å². The van der Waals surface area contributed by atoms with Crippen LogP contribution in [0.5, 0.6) is 11.5 Å². The number of furan rings is 1. The third-order valence-corrected chi connectivity index (χ3v) is 5.87. The number of benzene rings is 2. The number of fused-ring (bicyclic) bond motifs is 1. The summed E-state index contributed by atoms with van der Waals surface area (Å²) < 4.78 is 17.2. The zero-order valence-corrected chi connectivity index (χ0v) is 20.4. The first-order valence-electron chi connectivity index (χ1n) is 11.7. The molecule has 0 aliphatic carbocycles. The Hall–Kier alpha value is -3.78. The second-order valence-electron chi connectivity index (χ2n) is 8.52. The third-order valence-electron chi connectivity index (χ3n) is 5.87. The van der Waals surface area contributed by atoms with Gasteiger partial charge in [-0.15, -0.1) is 0 Å². The summed E-state index contributed by atoms with van der Waals surface area (Å²) in [7, 11) is 3.79. The van der Waals surface area contributed by atoms with E-state index in [1.165, 1.54) is 4.90 Å². The summed E-state index contributed by atoms with van der Waals surface area (Å²) in [5.41, 5.74) is 1.17. The third kappa shape index (κ3) is 4.74. The lowest BCUT2D eigenvalue weighted by Gasteiger charge is -2.28. The van der Waals surface area contributed by atoms with Gasteiger partial charge in [0.1, 0.15) is 5.58 Å². The van der Waals surface area contributed by atoms with Crippen molar-refractivity contribution in [3.63, 3.8) is 0 Å². The van der Waals surface area contributed by atoms with Crippen LogP contribution in [0.2, 0.25) is 0 Å². The van der Waals surface area contributed by atoms with E-state index in [-0.39, 0.29) is 11.3 Å². The molecule has 0 saturated heterocycles. The molecule has 0 bridgehead atoms. The smallest absolute Gasteiger partial charge is 0.290 e. The zero-order chi connectivity index (χ0) is 25.1. The van der Waals surface area contributed by atoms with Gasteiger partial charge in [0.15, 0.2) is 23.0 Å². The molecule has 35 heavy (non-hydrogen) atoms. The van der Waals surface area contributed by atoms with Crippen LogP contribution in [0.3, 0.4) is 0 Å². The van der Waals surface area contributed by atoms with Gasteiger partial charge in [0.2, 0.25) is 5.78 Å². The molecular formula is C27H30N2O6. The average molecular weight is 479 g/mol. The van der Waals surface area contributed by atoms with Crippen LogP contribution in [0.4, 0.5) is 0 Å². The topological polar surface area (TPSA) is 92.5 Å². The summed E-state index contributed by atoms with van der Waals surface area (Å²) in [6, 6.07) is 13.4. The van der Waals surface area contributed by atoms with E-state index >= 15 is 0 Å². The van der Waals surface area contributed by atoms with E-state index < -0.39 is 23.5 Å². The summed E-state index contributed by atoms with van der Waals surface area (Å²) in [6.45, 7) is 5.50. The normalized spacial score (nSPS) is 16.0. The van der Waals surface area contributed by atoms with Gasteiger partial charge in [0.05, 0.1) is 24.8 Å². The van der Waals surface area contributed by atoms with Crippen molar-refractivity contribution in [1.29, 1.82) is 0 Å². The molecule has 0 spiro atoms. The number of para-hydroxylation sites is 1. The van der Waals surface area contributed by atoms with Gasteiger partial charge in [0.25, 0.3) is 5.91 Å². The highest BCUT2D eigenvalue weighted by Crippen LogP contribution is 2.42. The fourth-order valence-corrected chi connectivity index (χ4v) is 4.23. The molecular weight excluding hydrogens is 448 g/mol. The number of carbonyl (C=O) groups is 2. The molecule has 1 unspecified atom stereocenters. The van der Waals surface area contributed by atoms with Gasteiger partial charge in [-0.3, -0.25) is 9.59 Å². The van der Waals surface area contributed by atoms with E-state index in [2.05, 4.69) is 0 Å². The van der Waals surface area contributed by atoms with Crippen molar-refractivity contribution >= 4 is 22.7 Å². The van der Waals surface area contributed by atoms with E-state index in [1.54, 1.807) is 30.3 Å². The molecule has 8 heteroatoms. The molecule has 8 nitrogen and oxygen atoms in total. The first kappa shape index (κ1) is 24.3. The van der Waals surface area contributed by atoms with Crippen LogP contribution in [0.1, 0.15) is 36.0 Å². The number of aliphatic hydroxyl groups excluding tert-OH is 1. The highest BCUT2D eigenvalue weighted by atomic mass is 16.5. The summed E-state index contributed by atoms with van der Waals surface area (Å²) in [5, 5.41) is 11.7. The average Bonchev–Trinajstić information content (AvgIpc) is 3.38. The Balaban J connectivity index is 1.81. The van der Waals surface area contributed by atoms with Crippen molar-refractivity contribution in [3.05, 3.63) is 71.2 Å². The molecule has 0 fully saturated rings. The largest absolute Gasteiger partial charge is 0.503 e. The Morgan fingerprint density at radius 2 is 1.77 bits per heavy atom. The van der Waals surface area contributed by atoms with Crippen LogP contribution in [-0.2, 0) is 4.79 Å². The molecule has 4 rings (SSSR count). The molecule has 3 aromatic rings. The maximum absolute atomic E-state index is 13.7. The number of hydrogen-bond donors (Lipinski definition) is 1. The number of hydrogen-bond acceptors (Lipinski definition) is 7. The maximum Gasteiger partial charge on any atom is 0.290 e. The van der Waals surface area contributed by atoms with Crippen LogP contribution in [-0.4, -0.2) is 67.0 Å². The van der Waals surface area contributed by atoms with Crippen molar-refractivity contribution in [2.24, 2.45) is 0 Å². The minimum absolute atomic E-state index is 0.0144. The molecule has 1 aromatic heterocycles. The molecule has 1 atom stereocenters. The molecule has 2 heterocycles. The monoisotopic (exact) mass is 478 g/mol. The standard InChI is InChI=1S/C27H30N2O6/c1-5-33-20-12-11-18(16-21(20)34-6-2)24-23(26(31)27(32)29(24)14-13-28(3)4)25(30)22-15-17-9-7-8-10-19(17)35-22/h7-12,15-16,24,31H,5-6,13-14H2,1-4H3. The number of Topliss-reactive ketones (excluding diaryl/α,β-unsaturated/α-hetero) is 1. The number of likely N-dealkylation sites (N-methyl/N-ethyl adjacent to an activating group) is 1. The first-order valence-corrected chi connectivity index (χ1v) is 11.7. The number of amides is 1. The van der Waals surface area contributed by atoms with Crippen molar-refractivity contribution in [3.8, 4) is 11.5 Å². The second kappa shape index (κ2) is 10.2. The quantitative estimate of drug-likeness (QED) is 0.433. The predicted octanol–water partition coefficient (Wildman–Crippen LogP) is 4.37. The Labute approximate surface area is 204 Å². The Morgan fingerprint density at radius 3 is 2.46 bits per heavy atom. The number of rotatable bonds is 10. The molecule has 0 radical (unpaired) electrons. The van der Waals surface area contributed by atoms with Crippen LogP contribution in [0.15, 0.2) is 64.3 Å². The molecule has 1 N–H and O–H groups in total. The fraction of sp³-hybridized carbons (Fsp3) is 0.333. The fourth-order valence-electron chi connectivity index (χ4n) is 4.23. The number of ether oxygens (including phenoxy) is 2. The zero-order valence-electron chi connectivity index (χ0n) is 20.4. The van der Waals surface area contributed by atoms with Crippen molar-refractivity contribution in [1.82, 2.24) is 9.80 Å². The van der Waals surface area contributed by atoms with Crippen LogP contribution < -0.4 is 9.47 Å². The Morgan fingerprint density at radius 1 is 1.06 bits per heavy atom. The van der Waals surface area contributed by atoms with Crippen LogP contribution in [0, 0.1) is 0 Å². The van der Waals surface area contributed by atoms with Gasteiger partial charge in [0, 0.05) is 18.5 Å². The SMILES string of the molecule is CCOc1ccc(C2C(C(=O)c3cc4ccccc4o3)=C(O)C(=O)N2CCN(C)C)cc1OCC. The summed E-state index contributed by atoms with van der Waals surface area (Å²) >= 11 is 0. The van der Waals surface area contributed by atoms with Gasteiger partial charge >= 0.3 is 0 Å². The van der Waals surface area contributed by atoms with Gasteiger partial charge in [-0.2, -0.15) is 0 Å². The number of carbonyl (C=O) groups excluding carboxylic acids is 2. The molecule has 1 amide bonds. The van der Waals surface area contributed by atoms with E-state index in [0.29, 0.717) is 48.9 Å². The van der Waals surface area contributed by atoms with Gasteiger partial charge < -0.3 is 28.8 Å². The molecule has 0 saturated carbocycles. The van der Waals surface area contributed by atoms with E-state index in [1.807, 2.05) is 51.0 Å².